The predicted octanol–water partition coefficient (Wildman–Crippen LogP) is 4.57. The molecular weight excluding hydrogens is 476 g/mol. The minimum absolute atomic E-state index is 0.0219. The normalized spacial score (nSPS) is 13.2. The number of hydrogen-bond donors (Lipinski definition) is 1. The highest BCUT2D eigenvalue weighted by Crippen LogP contribution is 2.31. The molecule has 1 unspecified atom stereocenters. The molecule has 1 atom stereocenters. The van der Waals surface area contributed by atoms with Gasteiger partial charge in [0.2, 0.25) is 17.2 Å². The Bertz CT molecular complexity index is 1370. The van der Waals surface area contributed by atoms with Crippen LogP contribution in [-0.2, 0) is 19.8 Å². The lowest BCUT2D eigenvalue weighted by molar-refractivity contribution is -0.140. The number of aromatic nitrogens is 6. The van der Waals surface area contributed by atoms with Gasteiger partial charge < -0.3 is 4.57 Å². The molecule has 0 aliphatic carbocycles. The number of alkyl halides is 6. The Balaban J connectivity index is 1.71. The van der Waals surface area contributed by atoms with Gasteiger partial charge in [0.05, 0.1) is 12.7 Å². The molecule has 0 spiro atoms. The minimum Gasteiger partial charge on any atom is -0.333 e. The SMILES string of the molecule is Cn1cc(C(F)(F)F)nc1-c1ccc(Cn2c(=N)n(C(F)C(F)F)c3cnc(Cl)nc32)cc1. The third-order valence-corrected chi connectivity index (χ3v) is 5.08. The number of nitrogens with zero attached hydrogens (tertiary/aromatic N) is 6. The van der Waals surface area contributed by atoms with Crippen LogP contribution in [0.2, 0.25) is 5.28 Å². The van der Waals surface area contributed by atoms with Crippen molar-refractivity contribution in [2.75, 3.05) is 0 Å². The van der Waals surface area contributed by atoms with Crippen LogP contribution in [0, 0.1) is 5.41 Å². The first-order valence-corrected chi connectivity index (χ1v) is 9.65. The van der Waals surface area contributed by atoms with E-state index in [0.717, 1.165) is 12.4 Å². The predicted molar refractivity (Wildman–Crippen MR) is 105 cm³/mol. The molecule has 174 valence electrons. The van der Waals surface area contributed by atoms with E-state index in [2.05, 4.69) is 15.0 Å². The molecular formula is C19H14ClF6N7. The van der Waals surface area contributed by atoms with Crippen LogP contribution < -0.4 is 5.62 Å². The van der Waals surface area contributed by atoms with Gasteiger partial charge in [-0.2, -0.15) is 18.2 Å². The number of halogens is 7. The lowest BCUT2D eigenvalue weighted by Gasteiger charge is -2.09. The molecule has 0 saturated heterocycles. The summed E-state index contributed by atoms with van der Waals surface area (Å²) in [6.45, 7) is -0.0692. The second kappa shape index (κ2) is 8.21. The highest BCUT2D eigenvalue weighted by atomic mass is 35.5. The maximum absolute atomic E-state index is 14.2. The summed E-state index contributed by atoms with van der Waals surface area (Å²) in [4.78, 5) is 11.2. The van der Waals surface area contributed by atoms with Gasteiger partial charge in [-0.25, -0.2) is 23.1 Å². The van der Waals surface area contributed by atoms with Crippen molar-refractivity contribution in [1.82, 2.24) is 28.7 Å². The largest absolute Gasteiger partial charge is 0.434 e. The van der Waals surface area contributed by atoms with Crippen LogP contribution in [0.25, 0.3) is 22.6 Å². The van der Waals surface area contributed by atoms with E-state index in [0.29, 0.717) is 15.7 Å². The summed E-state index contributed by atoms with van der Waals surface area (Å²) in [5.74, 6) is 0.0936. The van der Waals surface area contributed by atoms with Gasteiger partial charge in [0, 0.05) is 18.8 Å². The Morgan fingerprint density at radius 3 is 2.33 bits per heavy atom. The maximum atomic E-state index is 14.2. The summed E-state index contributed by atoms with van der Waals surface area (Å²) in [5, 5.41) is 7.99. The van der Waals surface area contributed by atoms with Crippen molar-refractivity contribution in [2.24, 2.45) is 7.05 Å². The second-order valence-electron chi connectivity index (χ2n) is 7.09. The van der Waals surface area contributed by atoms with Gasteiger partial charge in [-0.05, 0) is 17.2 Å². The van der Waals surface area contributed by atoms with E-state index >= 15 is 0 Å². The van der Waals surface area contributed by atoms with E-state index in [1.165, 1.54) is 28.3 Å². The van der Waals surface area contributed by atoms with Crippen LogP contribution in [0.4, 0.5) is 26.3 Å². The van der Waals surface area contributed by atoms with Gasteiger partial charge in [0.25, 0.3) is 6.43 Å². The van der Waals surface area contributed by atoms with E-state index in [-0.39, 0.29) is 28.8 Å². The lowest BCUT2D eigenvalue weighted by Crippen LogP contribution is -2.29. The van der Waals surface area contributed by atoms with Gasteiger partial charge >= 0.3 is 6.18 Å². The molecule has 4 aromatic rings. The molecule has 3 aromatic heterocycles. The molecule has 0 bridgehead atoms. The van der Waals surface area contributed by atoms with Gasteiger partial charge in [0.1, 0.15) is 11.3 Å². The fraction of sp³-hybridized carbons (Fsp3) is 0.263. The number of fused-ring (bicyclic) bond motifs is 1. The number of benzene rings is 1. The Kier molecular flexibility index (Phi) is 5.68. The third kappa shape index (κ3) is 4.19. The van der Waals surface area contributed by atoms with Crippen molar-refractivity contribution in [2.45, 2.75) is 25.4 Å². The molecule has 33 heavy (non-hydrogen) atoms. The smallest absolute Gasteiger partial charge is 0.333 e. The standard InChI is InChI=1S/C19H14ClF6N7/c1-31-8-12(19(24,25)26)29-15(31)10-4-2-9(3-5-10)7-32-16-11(6-28-17(20)30-16)33(18(32)27)14(23)13(21)22/h2-6,8,13-14,27H,7H2,1H3. The van der Waals surface area contributed by atoms with E-state index in [1.54, 1.807) is 12.1 Å². The third-order valence-electron chi connectivity index (χ3n) is 4.89. The summed E-state index contributed by atoms with van der Waals surface area (Å²) in [6.07, 6.45) is -8.83. The number of aryl methyl sites for hydroxylation is 1. The number of hydrogen-bond acceptors (Lipinski definition) is 4. The Morgan fingerprint density at radius 1 is 1.09 bits per heavy atom. The van der Waals surface area contributed by atoms with E-state index in [4.69, 9.17) is 17.0 Å². The minimum atomic E-state index is -4.58. The fourth-order valence-electron chi connectivity index (χ4n) is 3.38. The van der Waals surface area contributed by atoms with Crippen molar-refractivity contribution in [3.8, 4) is 11.4 Å². The quantitative estimate of drug-likeness (QED) is 0.330. The average molecular weight is 490 g/mol. The van der Waals surface area contributed by atoms with Gasteiger partial charge in [-0.15, -0.1) is 0 Å². The van der Waals surface area contributed by atoms with E-state index in [1.807, 2.05) is 0 Å². The molecule has 3 heterocycles. The molecule has 0 aliphatic heterocycles. The first kappa shape index (κ1) is 22.8. The summed E-state index contributed by atoms with van der Waals surface area (Å²) in [6, 6.07) is 6.19. The van der Waals surface area contributed by atoms with Crippen LogP contribution in [0.15, 0.2) is 36.7 Å². The van der Waals surface area contributed by atoms with Gasteiger partial charge in [-0.1, -0.05) is 24.3 Å². The molecule has 1 N–H and O–H groups in total. The summed E-state index contributed by atoms with van der Waals surface area (Å²) < 4.78 is 81.8. The molecule has 1 aromatic carbocycles. The average Bonchev–Trinajstić information content (AvgIpc) is 3.26. The zero-order valence-corrected chi connectivity index (χ0v) is 17.4. The van der Waals surface area contributed by atoms with Gasteiger partial charge in [0.15, 0.2) is 11.3 Å². The summed E-state index contributed by atoms with van der Waals surface area (Å²) in [5.41, 5.74) is -0.821. The van der Waals surface area contributed by atoms with Crippen LogP contribution in [-0.4, -0.2) is 35.1 Å². The molecule has 0 amide bonds. The van der Waals surface area contributed by atoms with E-state index < -0.39 is 30.2 Å². The van der Waals surface area contributed by atoms with E-state index in [9.17, 15) is 26.3 Å². The number of nitrogens with one attached hydrogen (secondary N) is 1. The van der Waals surface area contributed by atoms with Crippen molar-refractivity contribution < 1.29 is 26.3 Å². The fourth-order valence-corrected chi connectivity index (χ4v) is 3.51. The zero-order valence-electron chi connectivity index (χ0n) is 16.7. The first-order chi connectivity index (χ1) is 15.5. The molecule has 14 heteroatoms. The molecule has 0 saturated carbocycles. The van der Waals surface area contributed by atoms with Gasteiger partial charge in [-0.3, -0.25) is 14.5 Å². The Hall–Kier alpha value is -3.35. The van der Waals surface area contributed by atoms with Crippen LogP contribution in [0.1, 0.15) is 17.6 Å². The molecule has 0 radical (unpaired) electrons. The second-order valence-corrected chi connectivity index (χ2v) is 7.43. The lowest BCUT2D eigenvalue weighted by atomic mass is 10.1. The first-order valence-electron chi connectivity index (χ1n) is 9.27. The van der Waals surface area contributed by atoms with Crippen LogP contribution in [0.5, 0.6) is 0 Å². The number of imidazole rings is 2. The number of rotatable bonds is 5. The van der Waals surface area contributed by atoms with Crippen molar-refractivity contribution in [3.63, 3.8) is 0 Å². The highest BCUT2D eigenvalue weighted by Gasteiger charge is 2.34. The van der Waals surface area contributed by atoms with Crippen molar-refractivity contribution >= 4 is 22.8 Å². The molecule has 4 rings (SSSR count). The maximum Gasteiger partial charge on any atom is 0.434 e. The van der Waals surface area contributed by atoms with Crippen LogP contribution in [0.3, 0.4) is 0 Å². The monoisotopic (exact) mass is 489 g/mol. The highest BCUT2D eigenvalue weighted by molar-refractivity contribution is 6.28. The molecule has 7 nitrogen and oxygen atoms in total. The van der Waals surface area contributed by atoms with Crippen molar-refractivity contribution in [3.05, 3.63) is 58.8 Å². The topological polar surface area (TPSA) is 77.3 Å². The summed E-state index contributed by atoms with van der Waals surface area (Å²) >= 11 is 5.80. The molecule has 0 fully saturated rings. The summed E-state index contributed by atoms with van der Waals surface area (Å²) in [7, 11) is 1.43. The Morgan fingerprint density at radius 2 is 1.76 bits per heavy atom. The zero-order chi connectivity index (χ0) is 24.1. The van der Waals surface area contributed by atoms with Crippen molar-refractivity contribution in [1.29, 1.82) is 5.41 Å². The van der Waals surface area contributed by atoms with Crippen LogP contribution >= 0.6 is 11.6 Å². The molecule has 0 aliphatic rings. The Labute approximate surface area is 186 Å².